The van der Waals surface area contributed by atoms with Crippen molar-refractivity contribution in [1.82, 2.24) is 24.6 Å². The molecule has 2 atom stereocenters. The van der Waals surface area contributed by atoms with Crippen LogP contribution in [-0.2, 0) is 29.2 Å². The molecular weight excluding hydrogens is 464 g/mol. The van der Waals surface area contributed by atoms with Gasteiger partial charge in [-0.2, -0.15) is 5.10 Å². The second-order valence-corrected chi connectivity index (χ2v) is 10.3. The fourth-order valence-corrected chi connectivity index (χ4v) is 5.80. The van der Waals surface area contributed by atoms with Crippen molar-refractivity contribution < 1.29 is 9.59 Å². The molecule has 4 heterocycles. The molecule has 1 fully saturated rings. The number of hydrogen-bond acceptors (Lipinski definition) is 5. The molecule has 2 bridgehead atoms. The molecule has 0 radical (unpaired) electrons. The standard InChI is InChI=1S/C29H36N6O2/c1-22-16-31-33(17-22)21-29(37)32-18-24-8-3-4-12-28(24)34(23(2)36)15-13-26-10-7-11-27(20-32)35(26)19-25-9-5-6-14-30-25/h3-6,8-9,12,14,16-17,26-27H,7,10-11,13,15,18-21H2,1-2H3. The van der Waals surface area contributed by atoms with E-state index in [1.807, 2.05) is 65.5 Å². The van der Waals surface area contributed by atoms with E-state index in [0.717, 1.165) is 54.7 Å². The Morgan fingerprint density at radius 2 is 1.84 bits per heavy atom. The second kappa shape index (κ2) is 11.3. The lowest BCUT2D eigenvalue weighted by molar-refractivity contribution is -0.134. The number of aromatic nitrogens is 3. The number of hydrogen-bond donors (Lipinski definition) is 0. The number of nitrogens with zero attached hydrogens (tertiary/aromatic N) is 6. The van der Waals surface area contributed by atoms with Gasteiger partial charge in [0.05, 0.1) is 11.9 Å². The lowest BCUT2D eigenvalue weighted by Crippen LogP contribution is -2.52. The van der Waals surface area contributed by atoms with E-state index in [1.54, 1.807) is 17.8 Å². The zero-order valence-corrected chi connectivity index (χ0v) is 21.8. The Bertz CT molecular complexity index is 1230. The second-order valence-electron chi connectivity index (χ2n) is 10.3. The van der Waals surface area contributed by atoms with Gasteiger partial charge in [-0.05, 0) is 55.5 Å². The van der Waals surface area contributed by atoms with Gasteiger partial charge in [-0.1, -0.05) is 30.7 Å². The molecule has 8 heteroatoms. The van der Waals surface area contributed by atoms with Crippen LogP contribution in [0.25, 0.3) is 0 Å². The Morgan fingerprint density at radius 3 is 2.59 bits per heavy atom. The summed E-state index contributed by atoms with van der Waals surface area (Å²) in [5, 5.41) is 4.35. The maximum Gasteiger partial charge on any atom is 0.244 e. The first-order valence-corrected chi connectivity index (χ1v) is 13.3. The number of anilines is 1. The van der Waals surface area contributed by atoms with Crippen LogP contribution in [-0.4, -0.2) is 61.6 Å². The van der Waals surface area contributed by atoms with Crippen LogP contribution in [0, 0.1) is 6.92 Å². The molecule has 2 aliphatic heterocycles. The van der Waals surface area contributed by atoms with Crippen molar-refractivity contribution in [2.75, 3.05) is 18.0 Å². The highest BCUT2D eigenvalue weighted by atomic mass is 16.2. The van der Waals surface area contributed by atoms with Crippen molar-refractivity contribution in [3.05, 3.63) is 77.9 Å². The van der Waals surface area contributed by atoms with E-state index in [0.29, 0.717) is 25.7 Å². The van der Waals surface area contributed by atoms with Crippen molar-refractivity contribution in [1.29, 1.82) is 0 Å². The third-order valence-electron chi connectivity index (χ3n) is 7.64. The maximum atomic E-state index is 13.7. The summed E-state index contributed by atoms with van der Waals surface area (Å²) in [6, 6.07) is 14.6. The van der Waals surface area contributed by atoms with E-state index in [-0.39, 0.29) is 24.4 Å². The topological polar surface area (TPSA) is 74.6 Å². The minimum absolute atomic E-state index is 0.0280. The molecule has 5 rings (SSSR count). The summed E-state index contributed by atoms with van der Waals surface area (Å²) >= 11 is 0. The number of aryl methyl sites for hydroxylation is 1. The number of para-hydroxylation sites is 1. The maximum absolute atomic E-state index is 13.7. The molecule has 1 saturated heterocycles. The number of benzene rings is 1. The zero-order chi connectivity index (χ0) is 25.8. The molecule has 0 spiro atoms. The summed E-state index contributed by atoms with van der Waals surface area (Å²) in [4.78, 5) is 37.6. The molecule has 0 N–H and O–H groups in total. The molecule has 2 aliphatic rings. The molecule has 3 aromatic rings. The third kappa shape index (κ3) is 5.91. The normalized spacial score (nSPS) is 20.7. The Balaban J connectivity index is 1.51. The van der Waals surface area contributed by atoms with Crippen LogP contribution in [0.15, 0.2) is 61.1 Å². The number of piperidine rings is 1. The van der Waals surface area contributed by atoms with Gasteiger partial charge in [0.25, 0.3) is 0 Å². The number of carbonyl (C=O) groups excluding carboxylic acids is 2. The number of amides is 2. The fraction of sp³-hybridized carbons (Fsp3) is 0.448. The lowest BCUT2D eigenvalue weighted by Gasteiger charge is -2.44. The van der Waals surface area contributed by atoms with Crippen LogP contribution in [0.2, 0.25) is 0 Å². The van der Waals surface area contributed by atoms with Gasteiger partial charge in [-0.25, -0.2) is 0 Å². The van der Waals surface area contributed by atoms with E-state index < -0.39 is 0 Å². The van der Waals surface area contributed by atoms with Crippen LogP contribution in [0.1, 0.15) is 49.4 Å². The first-order valence-electron chi connectivity index (χ1n) is 13.3. The van der Waals surface area contributed by atoms with Crippen molar-refractivity contribution in [3.8, 4) is 0 Å². The Labute approximate surface area is 218 Å². The molecule has 8 nitrogen and oxygen atoms in total. The monoisotopic (exact) mass is 500 g/mol. The minimum atomic E-state index is 0.0280. The molecule has 37 heavy (non-hydrogen) atoms. The summed E-state index contributed by atoms with van der Waals surface area (Å²) in [6.07, 6.45) is 9.64. The highest BCUT2D eigenvalue weighted by molar-refractivity contribution is 5.92. The Morgan fingerprint density at radius 1 is 1.03 bits per heavy atom. The van der Waals surface area contributed by atoms with Gasteiger partial charge in [0.2, 0.25) is 11.8 Å². The summed E-state index contributed by atoms with van der Waals surface area (Å²) < 4.78 is 1.71. The summed E-state index contributed by atoms with van der Waals surface area (Å²) in [6.45, 7) is 6.30. The van der Waals surface area contributed by atoms with Crippen molar-refractivity contribution in [3.63, 3.8) is 0 Å². The van der Waals surface area contributed by atoms with E-state index in [1.165, 1.54) is 0 Å². The van der Waals surface area contributed by atoms with Crippen molar-refractivity contribution >= 4 is 17.5 Å². The van der Waals surface area contributed by atoms with Crippen molar-refractivity contribution in [2.24, 2.45) is 0 Å². The molecule has 1 aromatic carbocycles. The van der Waals surface area contributed by atoms with E-state index in [9.17, 15) is 9.59 Å². The molecule has 0 aliphatic carbocycles. The summed E-state index contributed by atoms with van der Waals surface area (Å²) in [7, 11) is 0. The summed E-state index contributed by atoms with van der Waals surface area (Å²) in [5.41, 5.74) is 3.96. The van der Waals surface area contributed by atoms with Gasteiger partial charge in [-0.3, -0.25) is 24.2 Å². The van der Waals surface area contributed by atoms with Gasteiger partial charge in [0.15, 0.2) is 0 Å². The van der Waals surface area contributed by atoms with E-state index >= 15 is 0 Å². The average molecular weight is 501 g/mol. The first kappa shape index (κ1) is 25.1. The summed E-state index contributed by atoms with van der Waals surface area (Å²) in [5.74, 6) is 0.0617. The predicted molar refractivity (Wildman–Crippen MR) is 143 cm³/mol. The molecule has 0 saturated carbocycles. The average Bonchev–Trinajstić information content (AvgIpc) is 3.30. The molecule has 194 valence electrons. The van der Waals surface area contributed by atoms with Gasteiger partial charge < -0.3 is 9.80 Å². The van der Waals surface area contributed by atoms with Gasteiger partial charge in [-0.15, -0.1) is 0 Å². The van der Waals surface area contributed by atoms with Crippen LogP contribution in [0.4, 0.5) is 5.69 Å². The number of pyridine rings is 1. The van der Waals surface area contributed by atoms with Gasteiger partial charge >= 0.3 is 0 Å². The van der Waals surface area contributed by atoms with Gasteiger partial charge in [0, 0.05) is 63.3 Å². The lowest BCUT2D eigenvalue weighted by atomic mass is 9.92. The van der Waals surface area contributed by atoms with Crippen molar-refractivity contribution in [2.45, 2.75) is 71.2 Å². The van der Waals surface area contributed by atoms with Gasteiger partial charge in [0.1, 0.15) is 6.54 Å². The Hall–Kier alpha value is -3.52. The molecule has 2 amide bonds. The Kier molecular flexibility index (Phi) is 7.65. The third-order valence-corrected chi connectivity index (χ3v) is 7.64. The van der Waals surface area contributed by atoms with Crippen LogP contribution in [0.3, 0.4) is 0 Å². The number of carbonyl (C=O) groups is 2. The highest BCUT2D eigenvalue weighted by Gasteiger charge is 2.34. The SMILES string of the molecule is CC(=O)N1CCC2CCCC(CN(C(=O)Cn3cc(C)cn3)Cc3ccccc31)N2Cc1ccccn1. The van der Waals surface area contributed by atoms with Crippen LogP contribution in [0.5, 0.6) is 0 Å². The number of fused-ring (bicyclic) bond motifs is 3. The van der Waals surface area contributed by atoms with Crippen LogP contribution >= 0.6 is 0 Å². The smallest absolute Gasteiger partial charge is 0.244 e. The number of rotatable bonds is 4. The van der Waals surface area contributed by atoms with E-state index in [4.69, 9.17) is 0 Å². The fourth-order valence-electron chi connectivity index (χ4n) is 5.80. The first-order chi connectivity index (χ1) is 18.0. The minimum Gasteiger partial charge on any atom is -0.335 e. The highest BCUT2D eigenvalue weighted by Crippen LogP contribution is 2.31. The van der Waals surface area contributed by atoms with Crippen LogP contribution < -0.4 is 4.90 Å². The zero-order valence-electron chi connectivity index (χ0n) is 21.8. The van der Waals surface area contributed by atoms with E-state index in [2.05, 4.69) is 21.0 Å². The molecule has 2 aromatic heterocycles. The quantitative estimate of drug-likeness (QED) is 0.545. The molecule has 2 unspecified atom stereocenters. The predicted octanol–water partition coefficient (Wildman–Crippen LogP) is 3.80. The molecular formula is C29H36N6O2. The largest absolute Gasteiger partial charge is 0.335 e.